The van der Waals surface area contributed by atoms with Crippen LogP contribution >= 0.6 is 11.8 Å². The highest BCUT2D eigenvalue weighted by atomic mass is 32.2. The number of hydrogen-bond acceptors (Lipinski definition) is 5. The standard InChI is InChI=1S/C21H24N2O3S/c22-5-6-27-18-4-2-1-3-17(18)23-19(24)13-26-20(25)21-10-14-7-15(11-21)9-16(8-14)12-21/h1-4,14-16H,6-13H2,(H,23,24). The Morgan fingerprint density at radius 1 is 1.15 bits per heavy atom. The molecule has 4 saturated carbocycles. The lowest BCUT2D eigenvalue weighted by atomic mass is 9.49. The smallest absolute Gasteiger partial charge is 0.312 e. The van der Waals surface area contributed by atoms with Gasteiger partial charge in [0, 0.05) is 4.90 Å². The van der Waals surface area contributed by atoms with E-state index in [1.165, 1.54) is 31.0 Å². The highest BCUT2D eigenvalue weighted by Gasteiger charge is 2.55. The van der Waals surface area contributed by atoms with Crippen LogP contribution in [0.15, 0.2) is 29.2 Å². The number of thioether (sulfide) groups is 1. The summed E-state index contributed by atoms with van der Waals surface area (Å²) in [6, 6.07) is 9.42. The number of para-hydroxylation sites is 1. The van der Waals surface area contributed by atoms with Crippen molar-refractivity contribution in [1.29, 1.82) is 5.26 Å². The maximum Gasteiger partial charge on any atom is 0.312 e. The van der Waals surface area contributed by atoms with Gasteiger partial charge in [-0.25, -0.2) is 0 Å². The van der Waals surface area contributed by atoms with Gasteiger partial charge in [0.15, 0.2) is 6.61 Å². The molecule has 4 fully saturated rings. The second-order valence-electron chi connectivity index (χ2n) is 8.27. The fourth-order valence-electron chi connectivity index (χ4n) is 5.64. The summed E-state index contributed by atoms with van der Waals surface area (Å²) in [6.45, 7) is -0.252. The maximum absolute atomic E-state index is 12.8. The van der Waals surface area contributed by atoms with Crippen molar-refractivity contribution in [3.8, 4) is 6.07 Å². The number of carbonyl (C=O) groups is 2. The Kier molecular flexibility index (Phi) is 5.14. The predicted octanol–water partition coefficient (Wildman–Crippen LogP) is 4.00. The fourth-order valence-corrected chi connectivity index (χ4v) is 6.31. The summed E-state index contributed by atoms with van der Waals surface area (Å²) in [5.41, 5.74) is 0.309. The van der Waals surface area contributed by atoms with Crippen LogP contribution in [0.5, 0.6) is 0 Å². The number of nitriles is 1. The molecule has 4 bridgehead atoms. The van der Waals surface area contributed by atoms with Gasteiger partial charge in [-0.2, -0.15) is 5.26 Å². The summed E-state index contributed by atoms with van der Waals surface area (Å²) in [5, 5.41) is 11.5. The number of nitrogens with one attached hydrogen (secondary N) is 1. The van der Waals surface area contributed by atoms with Crippen molar-refractivity contribution in [2.45, 2.75) is 43.4 Å². The lowest BCUT2D eigenvalue weighted by Crippen LogP contribution is -2.50. The van der Waals surface area contributed by atoms with E-state index in [0.717, 1.165) is 24.2 Å². The number of ether oxygens (including phenoxy) is 1. The molecule has 0 aromatic heterocycles. The molecule has 0 atom stereocenters. The van der Waals surface area contributed by atoms with Gasteiger partial charge in [0.1, 0.15) is 0 Å². The molecule has 27 heavy (non-hydrogen) atoms. The SMILES string of the molecule is N#CCSc1ccccc1NC(=O)COC(=O)C12CC3CC(CC(C3)C1)C2. The molecule has 5 rings (SSSR count). The Bertz CT molecular complexity index is 751. The second-order valence-corrected chi connectivity index (χ2v) is 9.28. The van der Waals surface area contributed by atoms with Gasteiger partial charge in [-0.05, 0) is 68.4 Å². The number of benzene rings is 1. The first-order chi connectivity index (χ1) is 13.1. The summed E-state index contributed by atoms with van der Waals surface area (Å²) in [4.78, 5) is 26.0. The van der Waals surface area contributed by atoms with E-state index in [1.54, 1.807) is 6.07 Å². The van der Waals surface area contributed by atoms with Crippen LogP contribution in [0.3, 0.4) is 0 Å². The number of anilines is 1. The average Bonchev–Trinajstić information content (AvgIpc) is 2.64. The molecule has 1 amide bonds. The molecule has 0 saturated heterocycles. The molecule has 142 valence electrons. The van der Waals surface area contributed by atoms with Gasteiger partial charge >= 0.3 is 5.97 Å². The van der Waals surface area contributed by atoms with Gasteiger partial charge in [-0.1, -0.05) is 12.1 Å². The normalized spacial score (nSPS) is 30.6. The summed E-state index contributed by atoms with van der Waals surface area (Å²) >= 11 is 1.37. The van der Waals surface area contributed by atoms with Gasteiger partial charge in [-0.15, -0.1) is 11.8 Å². The highest BCUT2D eigenvalue weighted by molar-refractivity contribution is 7.99. The molecule has 1 aromatic carbocycles. The van der Waals surface area contributed by atoms with E-state index in [-0.39, 0.29) is 23.9 Å². The van der Waals surface area contributed by atoms with E-state index in [2.05, 4.69) is 11.4 Å². The van der Waals surface area contributed by atoms with Crippen molar-refractivity contribution in [2.75, 3.05) is 17.7 Å². The van der Waals surface area contributed by atoms with Crippen LogP contribution < -0.4 is 5.32 Å². The van der Waals surface area contributed by atoms with E-state index in [9.17, 15) is 9.59 Å². The molecular formula is C21H24N2O3S. The summed E-state index contributed by atoms with van der Waals surface area (Å²) in [7, 11) is 0. The zero-order valence-corrected chi connectivity index (χ0v) is 16.1. The first kappa shape index (κ1) is 18.4. The summed E-state index contributed by atoms with van der Waals surface area (Å²) < 4.78 is 5.47. The van der Waals surface area contributed by atoms with Crippen molar-refractivity contribution in [3.05, 3.63) is 24.3 Å². The third kappa shape index (κ3) is 3.84. The Morgan fingerprint density at radius 3 is 2.41 bits per heavy atom. The fraction of sp³-hybridized carbons (Fsp3) is 0.571. The lowest BCUT2D eigenvalue weighted by molar-refractivity contribution is -0.172. The van der Waals surface area contributed by atoms with Crippen LogP contribution in [0.25, 0.3) is 0 Å². The van der Waals surface area contributed by atoms with Crippen LogP contribution in [0, 0.1) is 34.5 Å². The molecular weight excluding hydrogens is 360 g/mol. The minimum absolute atomic E-state index is 0.177. The highest BCUT2D eigenvalue weighted by Crippen LogP contribution is 2.60. The summed E-state index contributed by atoms with van der Waals surface area (Å²) in [6.07, 6.45) is 6.62. The van der Waals surface area contributed by atoms with Crippen LogP contribution in [-0.2, 0) is 14.3 Å². The van der Waals surface area contributed by atoms with Crippen molar-refractivity contribution >= 4 is 29.3 Å². The van der Waals surface area contributed by atoms with Crippen LogP contribution in [0.1, 0.15) is 38.5 Å². The second kappa shape index (κ2) is 7.55. The van der Waals surface area contributed by atoms with Crippen LogP contribution in [0.4, 0.5) is 5.69 Å². The van der Waals surface area contributed by atoms with E-state index < -0.39 is 0 Å². The zero-order valence-electron chi connectivity index (χ0n) is 15.3. The number of amides is 1. The molecule has 6 heteroatoms. The van der Waals surface area contributed by atoms with E-state index in [1.807, 2.05) is 18.2 Å². The molecule has 0 spiro atoms. The number of carbonyl (C=O) groups excluding carboxylic acids is 2. The van der Waals surface area contributed by atoms with Crippen LogP contribution in [-0.4, -0.2) is 24.2 Å². The number of hydrogen-bond donors (Lipinski definition) is 1. The average molecular weight is 385 g/mol. The number of nitrogens with zero attached hydrogens (tertiary/aromatic N) is 1. The van der Waals surface area contributed by atoms with Gasteiger partial charge in [-0.3, -0.25) is 9.59 Å². The third-order valence-corrected chi connectivity index (χ3v) is 7.20. The zero-order chi connectivity index (χ0) is 18.9. The minimum atomic E-state index is -0.338. The lowest BCUT2D eigenvalue weighted by Gasteiger charge is -2.55. The maximum atomic E-state index is 12.8. The molecule has 5 nitrogen and oxygen atoms in total. The van der Waals surface area contributed by atoms with E-state index >= 15 is 0 Å². The Balaban J connectivity index is 1.34. The third-order valence-electron chi connectivity index (χ3n) is 6.26. The molecule has 0 aliphatic heterocycles. The van der Waals surface area contributed by atoms with E-state index in [4.69, 9.17) is 10.00 Å². The predicted molar refractivity (Wildman–Crippen MR) is 103 cm³/mol. The minimum Gasteiger partial charge on any atom is -0.455 e. The van der Waals surface area contributed by atoms with E-state index in [0.29, 0.717) is 29.2 Å². The number of rotatable bonds is 6. The van der Waals surface area contributed by atoms with Gasteiger partial charge in [0.05, 0.1) is 22.9 Å². The monoisotopic (exact) mass is 384 g/mol. The largest absolute Gasteiger partial charge is 0.455 e. The molecule has 0 unspecified atom stereocenters. The van der Waals surface area contributed by atoms with Crippen LogP contribution in [0.2, 0.25) is 0 Å². The Morgan fingerprint density at radius 2 is 1.78 bits per heavy atom. The molecule has 1 N–H and O–H groups in total. The van der Waals surface area contributed by atoms with Crippen molar-refractivity contribution < 1.29 is 14.3 Å². The molecule has 4 aliphatic rings. The quantitative estimate of drug-likeness (QED) is 0.592. The number of esters is 1. The first-order valence-corrected chi connectivity index (χ1v) is 10.6. The topological polar surface area (TPSA) is 79.2 Å². The van der Waals surface area contributed by atoms with Crippen molar-refractivity contribution in [2.24, 2.45) is 23.2 Å². The molecule has 0 heterocycles. The molecule has 0 radical (unpaired) electrons. The van der Waals surface area contributed by atoms with Crippen molar-refractivity contribution in [3.63, 3.8) is 0 Å². The summed E-state index contributed by atoms with van der Waals surface area (Å²) in [5.74, 6) is 1.81. The Labute approximate surface area is 163 Å². The van der Waals surface area contributed by atoms with Crippen molar-refractivity contribution in [1.82, 2.24) is 0 Å². The van der Waals surface area contributed by atoms with Gasteiger partial charge in [0.25, 0.3) is 5.91 Å². The Hall–Kier alpha value is -2.00. The molecule has 1 aromatic rings. The van der Waals surface area contributed by atoms with Gasteiger partial charge in [0.2, 0.25) is 0 Å². The molecule has 4 aliphatic carbocycles. The first-order valence-electron chi connectivity index (χ1n) is 9.64. The van der Waals surface area contributed by atoms with Gasteiger partial charge < -0.3 is 10.1 Å².